The van der Waals surface area contributed by atoms with Crippen molar-refractivity contribution in [1.29, 1.82) is 0 Å². The Morgan fingerprint density at radius 3 is 2.82 bits per heavy atom. The normalized spacial score (nSPS) is 14.5. The Morgan fingerprint density at radius 2 is 2.18 bits per heavy atom. The minimum atomic E-state index is 0.308. The zero-order valence-electron chi connectivity index (χ0n) is 10.2. The summed E-state index contributed by atoms with van der Waals surface area (Å²) in [4.78, 5) is 8.17. The Balaban J connectivity index is 1.88. The van der Waals surface area contributed by atoms with Crippen LogP contribution < -0.4 is 5.32 Å². The van der Waals surface area contributed by atoms with Gasteiger partial charge in [-0.05, 0) is 25.5 Å². The predicted molar refractivity (Wildman–Crippen MR) is 67.5 cm³/mol. The molecule has 1 N–H and O–H groups in total. The van der Waals surface area contributed by atoms with Crippen molar-refractivity contribution in [2.24, 2.45) is 0 Å². The average Bonchev–Trinajstić information content (AvgIpc) is 2.82. The van der Waals surface area contributed by atoms with Crippen LogP contribution in [0, 0.1) is 0 Å². The highest BCUT2D eigenvalue weighted by Gasteiger charge is 2.09. The SMILES string of the molecule is CC(Cn1ccnc1)NC(C)c1cccnc1. The number of pyridine rings is 1. The standard InChI is InChI=1S/C13H18N4/c1-11(9-17-7-6-15-10-17)16-12(2)13-4-3-5-14-8-13/h3-8,10-12,16H,9H2,1-2H3. The summed E-state index contributed by atoms with van der Waals surface area (Å²) in [5.41, 5.74) is 1.21. The maximum Gasteiger partial charge on any atom is 0.0946 e. The van der Waals surface area contributed by atoms with Gasteiger partial charge in [-0.1, -0.05) is 6.07 Å². The van der Waals surface area contributed by atoms with Crippen LogP contribution in [0.2, 0.25) is 0 Å². The van der Waals surface area contributed by atoms with E-state index in [1.54, 1.807) is 12.4 Å². The molecule has 2 unspecified atom stereocenters. The van der Waals surface area contributed by atoms with E-state index >= 15 is 0 Å². The van der Waals surface area contributed by atoms with Gasteiger partial charge in [0.2, 0.25) is 0 Å². The van der Waals surface area contributed by atoms with Crippen molar-refractivity contribution in [2.45, 2.75) is 32.5 Å². The van der Waals surface area contributed by atoms with Gasteiger partial charge >= 0.3 is 0 Å². The van der Waals surface area contributed by atoms with Gasteiger partial charge in [-0.2, -0.15) is 0 Å². The van der Waals surface area contributed by atoms with E-state index in [0.717, 1.165) is 6.54 Å². The van der Waals surface area contributed by atoms with Crippen LogP contribution in [-0.2, 0) is 6.54 Å². The number of rotatable bonds is 5. The molecule has 4 nitrogen and oxygen atoms in total. The number of nitrogens with zero attached hydrogens (tertiary/aromatic N) is 3. The molecule has 2 rings (SSSR count). The van der Waals surface area contributed by atoms with Crippen molar-refractivity contribution in [1.82, 2.24) is 19.9 Å². The molecule has 90 valence electrons. The van der Waals surface area contributed by atoms with Crippen molar-refractivity contribution in [3.63, 3.8) is 0 Å². The minimum Gasteiger partial charge on any atom is -0.336 e. The Labute approximate surface area is 102 Å². The molecular weight excluding hydrogens is 212 g/mol. The van der Waals surface area contributed by atoms with E-state index in [9.17, 15) is 0 Å². The van der Waals surface area contributed by atoms with Crippen molar-refractivity contribution in [3.05, 3.63) is 48.8 Å². The molecule has 0 aliphatic carbocycles. The van der Waals surface area contributed by atoms with Gasteiger partial charge in [0.25, 0.3) is 0 Å². The third-order valence-electron chi connectivity index (χ3n) is 2.76. The summed E-state index contributed by atoms with van der Waals surface area (Å²) in [6, 6.07) is 4.75. The summed E-state index contributed by atoms with van der Waals surface area (Å²) < 4.78 is 2.08. The molecule has 0 spiro atoms. The number of imidazole rings is 1. The van der Waals surface area contributed by atoms with Crippen LogP contribution in [-0.4, -0.2) is 20.6 Å². The highest BCUT2D eigenvalue weighted by atomic mass is 15.1. The summed E-state index contributed by atoms with van der Waals surface area (Å²) in [5.74, 6) is 0. The molecule has 0 fully saturated rings. The van der Waals surface area contributed by atoms with Gasteiger partial charge in [-0.15, -0.1) is 0 Å². The first-order valence-corrected chi connectivity index (χ1v) is 5.87. The average molecular weight is 230 g/mol. The lowest BCUT2D eigenvalue weighted by Gasteiger charge is -2.20. The molecule has 2 atom stereocenters. The monoisotopic (exact) mass is 230 g/mol. The summed E-state index contributed by atoms with van der Waals surface area (Å²) in [6.45, 7) is 5.25. The summed E-state index contributed by atoms with van der Waals surface area (Å²) in [7, 11) is 0. The van der Waals surface area contributed by atoms with Crippen LogP contribution in [0.1, 0.15) is 25.5 Å². The fourth-order valence-corrected chi connectivity index (χ4v) is 1.92. The van der Waals surface area contributed by atoms with Crippen LogP contribution in [0.15, 0.2) is 43.2 Å². The number of hydrogen-bond acceptors (Lipinski definition) is 3. The van der Waals surface area contributed by atoms with E-state index < -0.39 is 0 Å². The molecular formula is C13H18N4. The van der Waals surface area contributed by atoms with Gasteiger partial charge in [-0.3, -0.25) is 4.98 Å². The first-order chi connectivity index (χ1) is 8.25. The molecule has 0 aromatic carbocycles. The second-order valence-electron chi connectivity index (χ2n) is 4.34. The fourth-order valence-electron chi connectivity index (χ4n) is 1.92. The van der Waals surface area contributed by atoms with Crippen LogP contribution in [0.25, 0.3) is 0 Å². The maximum atomic E-state index is 4.13. The lowest BCUT2D eigenvalue weighted by molar-refractivity contribution is 0.430. The van der Waals surface area contributed by atoms with Crippen molar-refractivity contribution < 1.29 is 0 Å². The summed E-state index contributed by atoms with van der Waals surface area (Å²) in [5, 5.41) is 3.55. The van der Waals surface area contributed by atoms with Crippen LogP contribution in [0.5, 0.6) is 0 Å². The van der Waals surface area contributed by atoms with Gasteiger partial charge in [0.05, 0.1) is 6.33 Å². The lowest BCUT2D eigenvalue weighted by Crippen LogP contribution is -2.32. The molecule has 4 heteroatoms. The van der Waals surface area contributed by atoms with Crippen LogP contribution >= 0.6 is 0 Å². The van der Waals surface area contributed by atoms with Crippen LogP contribution in [0.4, 0.5) is 0 Å². The molecule has 0 aliphatic rings. The number of hydrogen-bond donors (Lipinski definition) is 1. The number of nitrogens with one attached hydrogen (secondary N) is 1. The van der Waals surface area contributed by atoms with E-state index in [0.29, 0.717) is 12.1 Å². The van der Waals surface area contributed by atoms with Gasteiger partial charge in [0, 0.05) is 43.4 Å². The minimum absolute atomic E-state index is 0.308. The van der Waals surface area contributed by atoms with Crippen molar-refractivity contribution >= 4 is 0 Å². The second kappa shape index (κ2) is 5.59. The number of aromatic nitrogens is 3. The van der Waals surface area contributed by atoms with Gasteiger partial charge in [0.1, 0.15) is 0 Å². The van der Waals surface area contributed by atoms with Crippen LogP contribution in [0.3, 0.4) is 0 Å². The maximum absolute atomic E-state index is 4.13. The molecule has 2 heterocycles. The topological polar surface area (TPSA) is 42.7 Å². The quantitative estimate of drug-likeness (QED) is 0.854. The van der Waals surface area contributed by atoms with E-state index in [2.05, 4.69) is 39.8 Å². The Morgan fingerprint density at radius 1 is 1.29 bits per heavy atom. The van der Waals surface area contributed by atoms with Gasteiger partial charge in [0.15, 0.2) is 0 Å². The van der Waals surface area contributed by atoms with Crippen molar-refractivity contribution in [3.8, 4) is 0 Å². The molecule has 0 aliphatic heterocycles. The van der Waals surface area contributed by atoms with Gasteiger partial charge in [-0.25, -0.2) is 4.98 Å². The fraction of sp³-hybridized carbons (Fsp3) is 0.385. The molecule has 2 aromatic heterocycles. The third kappa shape index (κ3) is 3.39. The molecule has 0 bridgehead atoms. The molecule has 0 saturated carbocycles. The highest BCUT2D eigenvalue weighted by Crippen LogP contribution is 2.11. The van der Waals surface area contributed by atoms with E-state index in [1.807, 2.05) is 24.8 Å². The van der Waals surface area contributed by atoms with E-state index in [-0.39, 0.29) is 0 Å². The molecule has 0 saturated heterocycles. The Hall–Kier alpha value is -1.68. The van der Waals surface area contributed by atoms with E-state index in [1.165, 1.54) is 5.56 Å². The predicted octanol–water partition coefficient (Wildman–Crippen LogP) is 2.02. The molecule has 0 amide bonds. The first kappa shape index (κ1) is 11.8. The first-order valence-electron chi connectivity index (χ1n) is 5.87. The Bertz CT molecular complexity index is 424. The van der Waals surface area contributed by atoms with Crippen molar-refractivity contribution in [2.75, 3.05) is 0 Å². The molecule has 0 radical (unpaired) electrons. The lowest BCUT2D eigenvalue weighted by atomic mass is 10.1. The second-order valence-corrected chi connectivity index (χ2v) is 4.34. The summed E-state index contributed by atoms with van der Waals surface area (Å²) in [6.07, 6.45) is 9.32. The Kier molecular flexibility index (Phi) is 3.88. The van der Waals surface area contributed by atoms with Gasteiger partial charge < -0.3 is 9.88 Å². The molecule has 2 aromatic rings. The smallest absolute Gasteiger partial charge is 0.0946 e. The third-order valence-corrected chi connectivity index (χ3v) is 2.76. The zero-order valence-corrected chi connectivity index (χ0v) is 10.2. The summed E-state index contributed by atoms with van der Waals surface area (Å²) >= 11 is 0. The molecule has 17 heavy (non-hydrogen) atoms. The van der Waals surface area contributed by atoms with E-state index in [4.69, 9.17) is 0 Å². The highest BCUT2D eigenvalue weighted by molar-refractivity contribution is 5.12. The zero-order chi connectivity index (χ0) is 12.1. The largest absolute Gasteiger partial charge is 0.336 e.